The first-order chi connectivity index (χ1) is 15.1. The number of carbonyl (C=O) groups is 1. The van der Waals surface area contributed by atoms with Crippen molar-refractivity contribution in [2.45, 2.75) is 13.3 Å². The van der Waals surface area contributed by atoms with E-state index in [1.807, 2.05) is 30.0 Å². The lowest BCUT2D eigenvalue weighted by molar-refractivity contribution is -0.119. The highest BCUT2D eigenvalue weighted by Crippen LogP contribution is 2.33. The number of phenols is 1. The zero-order valence-electron chi connectivity index (χ0n) is 17.6. The van der Waals surface area contributed by atoms with E-state index in [1.165, 1.54) is 5.56 Å². The Morgan fingerprint density at radius 2 is 1.87 bits per heavy atom. The maximum absolute atomic E-state index is 13.1. The van der Waals surface area contributed by atoms with Crippen LogP contribution in [0.5, 0.6) is 5.75 Å². The summed E-state index contributed by atoms with van der Waals surface area (Å²) in [6.07, 6.45) is 0.888. The van der Waals surface area contributed by atoms with Crippen LogP contribution in [0.3, 0.4) is 0 Å². The third-order valence-corrected chi connectivity index (χ3v) is 6.92. The average Bonchev–Trinajstić information content (AvgIpc) is 3.40. The first-order valence-corrected chi connectivity index (χ1v) is 11.6. The number of piperazine rings is 1. The van der Waals surface area contributed by atoms with E-state index in [0.29, 0.717) is 12.3 Å². The Balaban J connectivity index is 1.21. The minimum atomic E-state index is 0.159. The van der Waals surface area contributed by atoms with Gasteiger partial charge < -0.3 is 14.9 Å². The zero-order valence-corrected chi connectivity index (χ0v) is 18.4. The highest BCUT2D eigenvalue weighted by Gasteiger charge is 2.28. The maximum atomic E-state index is 13.1. The Morgan fingerprint density at radius 1 is 1.06 bits per heavy atom. The van der Waals surface area contributed by atoms with E-state index in [9.17, 15) is 9.90 Å². The predicted octanol–water partition coefficient (Wildman–Crippen LogP) is 3.54. The number of nitrogens with zero attached hydrogens (tertiary/aromatic N) is 4. The van der Waals surface area contributed by atoms with Gasteiger partial charge in [-0.3, -0.25) is 9.69 Å². The number of carbonyl (C=O) groups excluding carboxylic acids is 1. The largest absolute Gasteiger partial charge is 0.506 e. The molecular formula is C24H26N4O2S. The van der Waals surface area contributed by atoms with Gasteiger partial charge >= 0.3 is 0 Å². The van der Waals surface area contributed by atoms with Gasteiger partial charge in [0.25, 0.3) is 0 Å². The van der Waals surface area contributed by atoms with Gasteiger partial charge in [-0.1, -0.05) is 18.2 Å². The summed E-state index contributed by atoms with van der Waals surface area (Å²) >= 11 is 1.66. The van der Waals surface area contributed by atoms with E-state index >= 15 is 0 Å². The number of benzene rings is 2. The molecular weight excluding hydrogens is 408 g/mol. The lowest BCUT2D eigenvalue weighted by Crippen LogP contribution is -2.50. The van der Waals surface area contributed by atoms with Gasteiger partial charge in [0.1, 0.15) is 5.75 Å². The van der Waals surface area contributed by atoms with Crippen molar-refractivity contribution in [2.75, 3.05) is 49.1 Å². The molecule has 6 nitrogen and oxygen atoms in total. The van der Waals surface area contributed by atoms with Crippen LogP contribution in [-0.4, -0.2) is 60.2 Å². The third-order valence-electron chi connectivity index (χ3n) is 6.14. The molecule has 0 radical (unpaired) electrons. The minimum Gasteiger partial charge on any atom is -0.506 e. The predicted molar refractivity (Wildman–Crippen MR) is 125 cm³/mol. The van der Waals surface area contributed by atoms with Crippen LogP contribution >= 0.6 is 11.3 Å². The minimum absolute atomic E-state index is 0.159. The summed E-state index contributed by atoms with van der Waals surface area (Å²) in [7, 11) is 0. The fourth-order valence-corrected chi connectivity index (χ4v) is 5.09. The van der Waals surface area contributed by atoms with Crippen LogP contribution in [-0.2, 0) is 11.2 Å². The molecule has 3 heterocycles. The van der Waals surface area contributed by atoms with Crippen LogP contribution in [0.2, 0.25) is 0 Å². The van der Waals surface area contributed by atoms with Crippen LogP contribution in [0.15, 0.2) is 47.8 Å². The molecule has 0 saturated carbocycles. The van der Waals surface area contributed by atoms with Crippen molar-refractivity contribution in [3.63, 3.8) is 0 Å². The van der Waals surface area contributed by atoms with Crippen molar-refractivity contribution in [1.29, 1.82) is 0 Å². The molecule has 0 spiro atoms. The molecule has 160 valence electrons. The van der Waals surface area contributed by atoms with Crippen molar-refractivity contribution >= 4 is 28.6 Å². The Labute approximate surface area is 186 Å². The quantitative estimate of drug-likeness (QED) is 0.681. The fraction of sp³-hybridized carbons (Fsp3) is 0.333. The van der Waals surface area contributed by atoms with E-state index in [1.54, 1.807) is 17.4 Å². The number of amides is 1. The number of hydrogen-bond donors (Lipinski definition) is 1. The van der Waals surface area contributed by atoms with Crippen LogP contribution in [0.4, 0.5) is 11.4 Å². The van der Waals surface area contributed by atoms with E-state index in [4.69, 9.17) is 0 Å². The fourth-order valence-electron chi connectivity index (χ4n) is 4.47. The molecule has 1 fully saturated rings. The van der Waals surface area contributed by atoms with Crippen molar-refractivity contribution < 1.29 is 9.90 Å². The monoisotopic (exact) mass is 434 g/mol. The lowest BCUT2D eigenvalue weighted by Gasteiger charge is -2.36. The molecule has 2 aromatic carbocycles. The molecule has 31 heavy (non-hydrogen) atoms. The second-order valence-electron chi connectivity index (χ2n) is 8.14. The van der Waals surface area contributed by atoms with Crippen LogP contribution < -0.4 is 9.80 Å². The van der Waals surface area contributed by atoms with Crippen molar-refractivity contribution in [3.05, 3.63) is 58.4 Å². The molecule has 1 N–H and O–H groups in total. The first kappa shape index (κ1) is 20.0. The Kier molecular flexibility index (Phi) is 5.38. The van der Waals surface area contributed by atoms with Crippen LogP contribution in [0.1, 0.15) is 10.6 Å². The molecule has 0 bridgehead atoms. The number of phenolic OH excluding ortho intramolecular Hbond substituents is 1. The number of para-hydroxylation sites is 2. The summed E-state index contributed by atoms with van der Waals surface area (Å²) in [5.74, 6) is 0.472. The summed E-state index contributed by atoms with van der Waals surface area (Å²) in [6, 6.07) is 13.8. The van der Waals surface area contributed by atoms with Gasteiger partial charge in [0, 0.05) is 49.4 Å². The van der Waals surface area contributed by atoms with Crippen molar-refractivity contribution in [1.82, 2.24) is 9.88 Å². The maximum Gasteiger partial charge on any atom is 0.241 e. The van der Waals surface area contributed by atoms with Gasteiger partial charge in [-0.05, 0) is 43.2 Å². The normalized spacial score (nSPS) is 16.5. The van der Waals surface area contributed by atoms with Gasteiger partial charge in [0.05, 0.1) is 22.9 Å². The molecule has 7 heteroatoms. The van der Waals surface area contributed by atoms with Crippen LogP contribution in [0, 0.1) is 6.92 Å². The molecule has 5 rings (SSSR count). The molecule has 0 atom stereocenters. The molecule has 3 aromatic rings. The number of thiazole rings is 1. The summed E-state index contributed by atoms with van der Waals surface area (Å²) in [5.41, 5.74) is 5.26. The summed E-state index contributed by atoms with van der Waals surface area (Å²) in [4.78, 5) is 24.0. The lowest BCUT2D eigenvalue weighted by atomic mass is 10.1. The summed E-state index contributed by atoms with van der Waals surface area (Å²) in [6.45, 7) is 6.42. The number of aryl methyl sites for hydroxylation is 1. The smallest absolute Gasteiger partial charge is 0.241 e. The highest BCUT2D eigenvalue weighted by molar-refractivity contribution is 7.09. The van der Waals surface area contributed by atoms with Crippen LogP contribution in [0.25, 0.3) is 11.3 Å². The molecule has 0 aliphatic carbocycles. The zero-order chi connectivity index (χ0) is 21.4. The second-order valence-corrected chi connectivity index (χ2v) is 9.20. The SMILES string of the molecule is Cc1nc(-c2ccc3c(c2)CCN3C(=O)CN2CCN(c3ccccc3O)CC2)cs1. The topological polar surface area (TPSA) is 59.9 Å². The van der Waals surface area contributed by atoms with Gasteiger partial charge in [-0.15, -0.1) is 11.3 Å². The van der Waals surface area contributed by atoms with Crippen molar-refractivity contribution in [2.24, 2.45) is 0 Å². The standard InChI is InChI=1S/C24H26N4O2S/c1-17-25-20(16-31-17)18-6-7-21-19(14-18)8-9-28(21)24(30)15-26-10-12-27(13-11-26)22-4-2-3-5-23(22)29/h2-7,14,16,29H,8-13,15H2,1H3. The summed E-state index contributed by atoms with van der Waals surface area (Å²) in [5, 5.41) is 13.2. The average molecular weight is 435 g/mol. The number of aromatic hydroxyl groups is 1. The number of aromatic nitrogens is 1. The van der Waals surface area contributed by atoms with Gasteiger partial charge in [0.15, 0.2) is 0 Å². The van der Waals surface area contributed by atoms with Gasteiger partial charge in [0.2, 0.25) is 5.91 Å². The Hall–Kier alpha value is -2.90. The molecule has 2 aliphatic heterocycles. The third kappa shape index (κ3) is 4.03. The number of hydrogen-bond acceptors (Lipinski definition) is 6. The molecule has 0 unspecified atom stereocenters. The van der Waals surface area contributed by atoms with E-state index in [2.05, 4.69) is 38.4 Å². The number of anilines is 2. The van der Waals surface area contributed by atoms with Gasteiger partial charge in [-0.2, -0.15) is 0 Å². The molecule has 1 aromatic heterocycles. The number of rotatable bonds is 4. The Morgan fingerprint density at radius 3 is 2.61 bits per heavy atom. The van der Waals surface area contributed by atoms with Gasteiger partial charge in [-0.25, -0.2) is 4.98 Å². The van der Waals surface area contributed by atoms with E-state index in [0.717, 1.165) is 66.8 Å². The second kappa shape index (κ2) is 8.32. The molecule has 2 aliphatic rings. The van der Waals surface area contributed by atoms with E-state index in [-0.39, 0.29) is 5.91 Å². The number of fused-ring (bicyclic) bond motifs is 1. The first-order valence-electron chi connectivity index (χ1n) is 10.7. The molecule has 1 amide bonds. The molecule has 1 saturated heterocycles. The van der Waals surface area contributed by atoms with Crippen molar-refractivity contribution in [3.8, 4) is 17.0 Å². The summed E-state index contributed by atoms with van der Waals surface area (Å²) < 4.78 is 0. The Bertz CT molecular complexity index is 1100. The highest BCUT2D eigenvalue weighted by atomic mass is 32.1. The van der Waals surface area contributed by atoms with E-state index < -0.39 is 0 Å².